The van der Waals surface area contributed by atoms with E-state index in [9.17, 15) is 19.2 Å². The number of nitrogens with zero attached hydrogens (tertiary/aromatic N) is 2. The summed E-state index contributed by atoms with van der Waals surface area (Å²) in [6.45, 7) is 6.77. The Morgan fingerprint density at radius 3 is 2.52 bits per heavy atom. The van der Waals surface area contributed by atoms with E-state index in [1.54, 1.807) is 24.0 Å². The first kappa shape index (κ1) is 24.1. The summed E-state index contributed by atoms with van der Waals surface area (Å²) in [6.07, 6.45) is 1.48. The Morgan fingerprint density at radius 1 is 1.24 bits per heavy atom. The average Bonchev–Trinajstić information content (AvgIpc) is 3.34. The van der Waals surface area contributed by atoms with Crippen LogP contribution in [0.25, 0.3) is 0 Å². The van der Waals surface area contributed by atoms with Gasteiger partial charge in [-0.15, -0.1) is 0 Å². The summed E-state index contributed by atoms with van der Waals surface area (Å²) >= 11 is 1.23. The fourth-order valence-corrected chi connectivity index (χ4v) is 4.60. The summed E-state index contributed by atoms with van der Waals surface area (Å²) in [5.41, 5.74) is 1.56. The topological polar surface area (TPSA) is 98.4 Å². The van der Waals surface area contributed by atoms with Crippen molar-refractivity contribution in [2.75, 3.05) is 24.2 Å². The van der Waals surface area contributed by atoms with Crippen LogP contribution in [0.15, 0.2) is 69.0 Å². The molecule has 2 aromatic rings. The number of allylic oxidation sites excluding steroid dienone is 2. The van der Waals surface area contributed by atoms with Crippen molar-refractivity contribution in [1.29, 1.82) is 5.26 Å². The van der Waals surface area contributed by atoms with E-state index in [2.05, 4.69) is 16.7 Å². The monoisotopic (exact) mass is 468 g/mol. The molecule has 172 valence electrons. The van der Waals surface area contributed by atoms with Gasteiger partial charge in [0.05, 0.1) is 40.2 Å². The highest BCUT2D eigenvalue weighted by Crippen LogP contribution is 2.41. The molecule has 33 heavy (non-hydrogen) atoms. The summed E-state index contributed by atoms with van der Waals surface area (Å²) in [4.78, 5) is 27.4. The molecular weight excluding hydrogens is 443 g/mol. The number of amides is 2. The second-order valence-electron chi connectivity index (χ2n) is 7.28. The molecule has 1 atom stereocenters. The standard InChI is InChI=1S/C24H25FN4O3S/c1-4-29(5-2)20(30)14-33-24-18(13-26)22(19-7-6-12-32-19)21(15(3)27-24)23(31)28-17-10-8-16(25)9-11-17/h6-12,22,27H,4-5,14H2,1-3H3,(H,28,31). The molecule has 7 nitrogen and oxygen atoms in total. The van der Waals surface area contributed by atoms with Crippen molar-refractivity contribution >= 4 is 29.3 Å². The van der Waals surface area contributed by atoms with Crippen LogP contribution >= 0.6 is 11.8 Å². The molecule has 1 unspecified atom stereocenters. The van der Waals surface area contributed by atoms with E-state index in [1.807, 2.05) is 13.8 Å². The van der Waals surface area contributed by atoms with E-state index in [1.165, 1.54) is 42.3 Å². The zero-order chi connectivity index (χ0) is 24.0. The van der Waals surface area contributed by atoms with Gasteiger partial charge in [0.2, 0.25) is 5.91 Å². The smallest absolute Gasteiger partial charge is 0.254 e. The van der Waals surface area contributed by atoms with Crippen LogP contribution in [0.4, 0.5) is 10.1 Å². The van der Waals surface area contributed by atoms with Crippen molar-refractivity contribution in [2.45, 2.75) is 26.7 Å². The zero-order valence-electron chi connectivity index (χ0n) is 18.6. The number of rotatable bonds is 8. The number of hydrogen-bond acceptors (Lipinski definition) is 6. The van der Waals surface area contributed by atoms with Crippen molar-refractivity contribution in [1.82, 2.24) is 10.2 Å². The minimum absolute atomic E-state index is 0.0346. The lowest BCUT2D eigenvalue weighted by Crippen LogP contribution is -2.33. The highest BCUT2D eigenvalue weighted by atomic mass is 32.2. The number of dihydropyridines is 1. The number of furan rings is 1. The lowest BCUT2D eigenvalue weighted by Gasteiger charge is -2.28. The SMILES string of the molecule is CCN(CC)C(=O)CSC1=C(C#N)C(c2ccco2)C(C(=O)Nc2ccc(F)cc2)=C(C)N1. The number of nitriles is 1. The Kier molecular flexibility index (Phi) is 7.96. The summed E-state index contributed by atoms with van der Waals surface area (Å²) in [5, 5.41) is 16.4. The summed E-state index contributed by atoms with van der Waals surface area (Å²) < 4.78 is 18.8. The van der Waals surface area contributed by atoms with Crippen LogP contribution < -0.4 is 10.6 Å². The first-order valence-electron chi connectivity index (χ1n) is 10.5. The first-order chi connectivity index (χ1) is 15.9. The molecule has 1 aromatic heterocycles. The molecule has 2 N–H and O–H groups in total. The molecule has 9 heteroatoms. The fraction of sp³-hybridized carbons (Fsp3) is 0.292. The third-order valence-corrected chi connectivity index (χ3v) is 6.28. The maximum atomic E-state index is 13.2. The minimum atomic E-state index is -0.752. The second-order valence-corrected chi connectivity index (χ2v) is 8.27. The summed E-state index contributed by atoms with van der Waals surface area (Å²) in [5.74, 6) is -1.05. The van der Waals surface area contributed by atoms with Crippen molar-refractivity contribution in [3.63, 3.8) is 0 Å². The number of halogens is 1. The average molecular weight is 469 g/mol. The number of nitrogens with one attached hydrogen (secondary N) is 2. The van der Waals surface area contributed by atoms with Crippen molar-refractivity contribution < 1.29 is 18.4 Å². The normalized spacial score (nSPS) is 15.7. The number of carbonyl (C=O) groups is 2. The predicted molar refractivity (Wildman–Crippen MR) is 125 cm³/mol. The van der Waals surface area contributed by atoms with Crippen LogP contribution in [0.5, 0.6) is 0 Å². The van der Waals surface area contributed by atoms with Gasteiger partial charge >= 0.3 is 0 Å². The summed E-state index contributed by atoms with van der Waals surface area (Å²) in [7, 11) is 0. The van der Waals surface area contributed by atoms with E-state index in [0.29, 0.717) is 40.8 Å². The highest BCUT2D eigenvalue weighted by molar-refractivity contribution is 8.03. The number of carbonyl (C=O) groups excluding carboxylic acids is 2. The quantitative estimate of drug-likeness (QED) is 0.598. The van der Waals surface area contributed by atoms with Gasteiger partial charge in [0.15, 0.2) is 0 Å². The zero-order valence-corrected chi connectivity index (χ0v) is 19.5. The lowest BCUT2D eigenvalue weighted by atomic mass is 9.85. The number of thioether (sulfide) groups is 1. The number of anilines is 1. The molecule has 0 spiro atoms. The van der Waals surface area contributed by atoms with Gasteiger partial charge in [-0.3, -0.25) is 9.59 Å². The Morgan fingerprint density at radius 2 is 1.94 bits per heavy atom. The van der Waals surface area contributed by atoms with Gasteiger partial charge in [-0.2, -0.15) is 5.26 Å². The third-order valence-electron chi connectivity index (χ3n) is 5.28. The van der Waals surface area contributed by atoms with Crippen molar-refractivity contribution in [3.05, 3.63) is 76.1 Å². The molecule has 0 saturated heterocycles. The predicted octanol–water partition coefficient (Wildman–Crippen LogP) is 4.35. The van der Waals surface area contributed by atoms with Crippen LogP contribution in [-0.2, 0) is 9.59 Å². The van der Waals surface area contributed by atoms with Crippen LogP contribution in [0.3, 0.4) is 0 Å². The van der Waals surface area contributed by atoms with Crippen LogP contribution in [0.1, 0.15) is 32.4 Å². The molecule has 0 bridgehead atoms. The molecule has 0 aliphatic carbocycles. The molecule has 0 radical (unpaired) electrons. The van der Waals surface area contributed by atoms with Crippen LogP contribution in [0, 0.1) is 17.1 Å². The van der Waals surface area contributed by atoms with E-state index < -0.39 is 17.6 Å². The van der Waals surface area contributed by atoms with E-state index in [4.69, 9.17) is 4.42 Å². The van der Waals surface area contributed by atoms with Gasteiger partial charge in [-0.1, -0.05) is 11.8 Å². The lowest BCUT2D eigenvalue weighted by molar-refractivity contribution is -0.128. The van der Waals surface area contributed by atoms with Crippen molar-refractivity contribution in [3.8, 4) is 6.07 Å². The van der Waals surface area contributed by atoms with E-state index >= 15 is 0 Å². The molecule has 3 rings (SSSR count). The molecular formula is C24H25FN4O3S. The Labute approximate surface area is 196 Å². The number of hydrogen-bond donors (Lipinski definition) is 2. The van der Waals surface area contributed by atoms with Crippen LogP contribution in [-0.4, -0.2) is 35.6 Å². The Hall–Kier alpha value is -3.51. The largest absolute Gasteiger partial charge is 0.468 e. The molecule has 1 aliphatic heterocycles. The second kappa shape index (κ2) is 10.9. The van der Waals surface area contributed by atoms with Gasteiger partial charge < -0.3 is 20.0 Å². The fourth-order valence-electron chi connectivity index (χ4n) is 3.60. The van der Waals surface area contributed by atoms with E-state index in [-0.39, 0.29) is 17.2 Å². The van der Waals surface area contributed by atoms with Gasteiger partial charge in [-0.05, 0) is 57.2 Å². The highest BCUT2D eigenvalue weighted by Gasteiger charge is 2.36. The molecule has 1 aliphatic rings. The van der Waals surface area contributed by atoms with Gasteiger partial charge in [0.1, 0.15) is 11.6 Å². The molecule has 1 aromatic carbocycles. The van der Waals surface area contributed by atoms with Gasteiger partial charge in [0.25, 0.3) is 5.91 Å². The van der Waals surface area contributed by atoms with Crippen molar-refractivity contribution in [2.24, 2.45) is 0 Å². The maximum Gasteiger partial charge on any atom is 0.254 e. The van der Waals surface area contributed by atoms with Gasteiger partial charge in [0, 0.05) is 24.5 Å². The molecule has 2 heterocycles. The van der Waals surface area contributed by atoms with E-state index in [0.717, 1.165) is 0 Å². The molecule has 0 fully saturated rings. The molecule has 2 amide bonds. The first-order valence-corrected chi connectivity index (χ1v) is 11.5. The number of benzene rings is 1. The summed E-state index contributed by atoms with van der Waals surface area (Å²) in [6, 6.07) is 11.0. The third kappa shape index (κ3) is 5.46. The molecule has 0 saturated carbocycles. The van der Waals surface area contributed by atoms with Gasteiger partial charge in [-0.25, -0.2) is 4.39 Å². The maximum absolute atomic E-state index is 13.2. The van der Waals surface area contributed by atoms with Crippen LogP contribution in [0.2, 0.25) is 0 Å². The minimum Gasteiger partial charge on any atom is -0.468 e. The Balaban J connectivity index is 1.93. The Bertz CT molecular complexity index is 1110.